The first-order valence-corrected chi connectivity index (χ1v) is 7.01. The third-order valence-electron chi connectivity index (χ3n) is 4.00. The fraction of sp³-hybridized carbons (Fsp3) is 0.176. The summed E-state index contributed by atoms with van der Waals surface area (Å²) in [6.07, 6.45) is 0.375. The van der Waals surface area contributed by atoms with Gasteiger partial charge in [0.1, 0.15) is 5.41 Å². The topological polar surface area (TPSA) is 54.4 Å². The van der Waals surface area contributed by atoms with Crippen LogP contribution in [0.15, 0.2) is 48.5 Å². The summed E-state index contributed by atoms with van der Waals surface area (Å²) in [6.45, 7) is 0. The SMILES string of the molecule is O=C(O)C1(Cc2ccccc2)Cc2cc(Cl)ccc2C1=O. The number of halogens is 1. The van der Waals surface area contributed by atoms with Gasteiger partial charge in [0.2, 0.25) is 0 Å². The highest BCUT2D eigenvalue weighted by Gasteiger charge is 2.51. The Morgan fingerprint density at radius 2 is 1.90 bits per heavy atom. The van der Waals surface area contributed by atoms with Crippen LogP contribution >= 0.6 is 11.6 Å². The monoisotopic (exact) mass is 300 g/mol. The van der Waals surface area contributed by atoms with E-state index in [0.29, 0.717) is 16.1 Å². The van der Waals surface area contributed by atoms with Crippen molar-refractivity contribution < 1.29 is 14.7 Å². The van der Waals surface area contributed by atoms with E-state index < -0.39 is 11.4 Å². The lowest BCUT2D eigenvalue weighted by Gasteiger charge is -2.22. The second-order valence-corrected chi connectivity index (χ2v) is 5.79. The number of aliphatic carboxylic acids is 1. The van der Waals surface area contributed by atoms with Crippen LogP contribution in [0.5, 0.6) is 0 Å². The maximum atomic E-state index is 12.7. The lowest BCUT2D eigenvalue weighted by Crippen LogP contribution is -2.39. The van der Waals surface area contributed by atoms with Crippen LogP contribution in [0.4, 0.5) is 0 Å². The molecular formula is C17H13ClO3. The van der Waals surface area contributed by atoms with Gasteiger partial charge in [-0.1, -0.05) is 41.9 Å². The van der Waals surface area contributed by atoms with E-state index in [-0.39, 0.29) is 18.6 Å². The van der Waals surface area contributed by atoms with Crippen molar-refractivity contribution in [2.24, 2.45) is 5.41 Å². The van der Waals surface area contributed by atoms with Crippen molar-refractivity contribution in [3.8, 4) is 0 Å². The summed E-state index contributed by atoms with van der Waals surface area (Å²) in [7, 11) is 0. The molecule has 1 aliphatic carbocycles. The highest BCUT2D eigenvalue weighted by atomic mass is 35.5. The molecule has 2 aromatic carbocycles. The number of fused-ring (bicyclic) bond motifs is 1. The van der Waals surface area contributed by atoms with Gasteiger partial charge in [-0.2, -0.15) is 0 Å². The fourth-order valence-electron chi connectivity index (χ4n) is 2.93. The van der Waals surface area contributed by atoms with Gasteiger partial charge >= 0.3 is 5.97 Å². The summed E-state index contributed by atoms with van der Waals surface area (Å²) < 4.78 is 0. The summed E-state index contributed by atoms with van der Waals surface area (Å²) in [5, 5.41) is 10.2. The lowest BCUT2D eigenvalue weighted by molar-refractivity contribution is -0.145. The number of carboxylic acids is 1. The maximum Gasteiger partial charge on any atom is 0.318 e. The van der Waals surface area contributed by atoms with Crippen molar-refractivity contribution >= 4 is 23.4 Å². The molecule has 0 radical (unpaired) electrons. The fourth-order valence-corrected chi connectivity index (χ4v) is 3.12. The highest BCUT2D eigenvalue weighted by Crippen LogP contribution is 2.40. The molecule has 21 heavy (non-hydrogen) atoms. The molecule has 0 spiro atoms. The van der Waals surface area contributed by atoms with Crippen LogP contribution in [0, 0.1) is 5.41 Å². The Balaban J connectivity index is 2.05. The van der Waals surface area contributed by atoms with Gasteiger partial charge in [-0.15, -0.1) is 0 Å². The standard InChI is InChI=1S/C17H13ClO3/c18-13-6-7-14-12(8-13)10-17(15(14)19,16(20)21)9-11-4-2-1-3-5-11/h1-8H,9-10H2,(H,20,21). The molecule has 0 aliphatic heterocycles. The van der Waals surface area contributed by atoms with Crippen molar-refractivity contribution in [2.75, 3.05) is 0 Å². The van der Waals surface area contributed by atoms with Gasteiger partial charge in [-0.3, -0.25) is 9.59 Å². The minimum Gasteiger partial charge on any atom is -0.480 e. The summed E-state index contributed by atoms with van der Waals surface area (Å²) in [4.78, 5) is 24.5. The summed E-state index contributed by atoms with van der Waals surface area (Å²) in [6, 6.07) is 14.2. The Bertz CT molecular complexity index is 724. The largest absolute Gasteiger partial charge is 0.480 e. The van der Waals surface area contributed by atoms with Crippen LogP contribution in [0.2, 0.25) is 5.02 Å². The Kier molecular flexibility index (Phi) is 3.30. The average Bonchev–Trinajstić information content (AvgIpc) is 2.73. The first-order chi connectivity index (χ1) is 10.0. The van der Waals surface area contributed by atoms with Gasteiger partial charge in [-0.25, -0.2) is 0 Å². The average molecular weight is 301 g/mol. The molecule has 0 amide bonds. The van der Waals surface area contributed by atoms with Gasteiger partial charge < -0.3 is 5.11 Å². The van der Waals surface area contributed by atoms with Gasteiger partial charge in [0, 0.05) is 10.6 Å². The number of Topliss-reactive ketones (excluding diaryl/α,β-unsaturated/α-hetero) is 1. The summed E-state index contributed by atoms with van der Waals surface area (Å²) in [5.74, 6) is -1.41. The third kappa shape index (κ3) is 2.24. The van der Waals surface area contributed by atoms with Crippen molar-refractivity contribution in [2.45, 2.75) is 12.8 Å². The first kappa shape index (κ1) is 13.8. The first-order valence-electron chi connectivity index (χ1n) is 6.63. The minimum atomic E-state index is -1.42. The zero-order valence-corrected chi connectivity index (χ0v) is 11.9. The summed E-state index contributed by atoms with van der Waals surface area (Å²) in [5.41, 5.74) is 0.602. The number of hydrogen-bond donors (Lipinski definition) is 1. The molecule has 0 saturated carbocycles. The predicted octanol–water partition coefficient (Wildman–Crippen LogP) is 3.39. The number of carboxylic acid groups (broad SMARTS) is 1. The molecule has 4 heteroatoms. The second kappa shape index (κ2) is 5.01. The molecular weight excluding hydrogens is 288 g/mol. The smallest absolute Gasteiger partial charge is 0.318 e. The van der Waals surface area contributed by atoms with Crippen LogP contribution in [-0.4, -0.2) is 16.9 Å². The predicted molar refractivity (Wildman–Crippen MR) is 79.7 cm³/mol. The van der Waals surface area contributed by atoms with Crippen molar-refractivity contribution in [1.29, 1.82) is 0 Å². The molecule has 3 rings (SSSR count). The van der Waals surface area contributed by atoms with Gasteiger partial charge in [0.15, 0.2) is 5.78 Å². The molecule has 0 fully saturated rings. The molecule has 1 atom stereocenters. The van der Waals surface area contributed by atoms with E-state index in [1.165, 1.54) is 0 Å². The maximum absolute atomic E-state index is 12.7. The number of carbonyl (C=O) groups is 2. The zero-order valence-electron chi connectivity index (χ0n) is 11.2. The normalized spacial score (nSPS) is 20.3. The molecule has 1 aliphatic rings. The highest BCUT2D eigenvalue weighted by molar-refractivity contribution is 6.31. The molecule has 0 aromatic heterocycles. The number of rotatable bonds is 3. The van der Waals surface area contributed by atoms with E-state index >= 15 is 0 Å². The number of carbonyl (C=O) groups excluding carboxylic acids is 1. The molecule has 0 heterocycles. The third-order valence-corrected chi connectivity index (χ3v) is 4.23. The van der Waals surface area contributed by atoms with E-state index in [9.17, 15) is 14.7 Å². The quantitative estimate of drug-likeness (QED) is 0.884. The van der Waals surface area contributed by atoms with E-state index in [1.54, 1.807) is 18.2 Å². The Labute approximate surface area is 127 Å². The number of hydrogen-bond acceptors (Lipinski definition) is 2. The van der Waals surface area contributed by atoms with E-state index in [2.05, 4.69) is 0 Å². The lowest BCUT2D eigenvalue weighted by atomic mass is 9.78. The Hall–Kier alpha value is -2.13. The molecule has 0 bridgehead atoms. The van der Waals surface area contributed by atoms with Gasteiger partial charge in [0.05, 0.1) is 0 Å². The zero-order chi connectivity index (χ0) is 15.0. The van der Waals surface area contributed by atoms with Crippen LogP contribution in [0.3, 0.4) is 0 Å². The van der Waals surface area contributed by atoms with E-state index in [4.69, 9.17) is 11.6 Å². The van der Waals surface area contributed by atoms with Crippen LogP contribution in [0.1, 0.15) is 21.5 Å². The van der Waals surface area contributed by atoms with Crippen molar-refractivity contribution in [1.82, 2.24) is 0 Å². The second-order valence-electron chi connectivity index (χ2n) is 5.36. The molecule has 1 N–H and O–H groups in total. The molecule has 0 saturated heterocycles. The Morgan fingerprint density at radius 3 is 2.57 bits per heavy atom. The van der Waals surface area contributed by atoms with Crippen molar-refractivity contribution in [3.63, 3.8) is 0 Å². The van der Waals surface area contributed by atoms with Gasteiger partial charge in [-0.05, 0) is 42.2 Å². The minimum absolute atomic E-state index is 0.186. The van der Waals surface area contributed by atoms with Gasteiger partial charge in [0.25, 0.3) is 0 Å². The van der Waals surface area contributed by atoms with Crippen LogP contribution < -0.4 is 0 Å². The number of benzene rings is 2. The molecule has 1 unspecified atom stereocenters. The molecule has 2 aromatic rings. The van der Waals surface area contributed by atoms with Crippen LogP contribution in [-0.2, 0) is 17.6 Å². The van der Waals surface area contributed by atoms with Crippen molar-refractivity contribution in [3.05, 3.63) is 70.2 Å². The molecule has 3 nitrogen and oxygen atoms in total. The molecule has 106 valence electrons. The van der Waals surface area contributed by atoms with Crippen LogP contribution in [0.25, 0.3) is 0 Å². The number of ketones is 1. The Morgan fingerprint density at radius 1 is 1.19 bits per heavy atom. The van der Waals surface area contributed by atoms with E-state index in [1.807, 2.05) is 30.3 Å². The summed E-state index contributed by atoms with van der Waals surface area (Å²) >= 11 is 5.95. The van der Waals surface area contributed by atoms with E-state index in [0.717, 1.165) is 5.56 Å².